The highest BCUT2D eigenvalue weighted by Gasteiger charge is 1.98. The van der Waals surface area contributed by atoms with Gasteiger partial charge in [-0.2, -0.15) is 0 Å². The fraction of sp³-hybridized carbons (Fsp3) is 0.250. The molecule has 0 aliphatic heterocycles. The molecule has 0 amide bonds. The molecule has 2 aromatic carbocycles. The maximum Gasteiger partial charge on any atom is 0.120 e. The summed E-state index contributed by atoms with van der Waals surface area (Å²) in [5.74, 6) is 0.923. The van der Waals surface area contributed by atoms with Crippen molar-refractivity contribution in [3.8, 4) is 5.75 Å². The number of ether oxygens (including phenoxy) is 1. The highest BCUT2D eigenvalue weighted by molar-refractivity contribution is 9.08. The minimum atomic E-state index is 0.621. The van der Waals surface area contributed by atoms with Crippen molar-refractivity contribution < 1.29 is 4.74 Å². The zero-order valence-electron chi connectivity index (χ0n) is 10.5. The van der Waals surface area contributed by atoms with E-state index in [4.69, 9.17) is 4.74 Å². The number of hydrogen-bond acceptors (Lipinski definition) is 1. The molecule has 2 aromatic rings. The van der Waals surface area contributed by atoms with Crippen LogP contribution in [0.1, 0.15) is 23.6 Å². The SMILES string of the molecule is CCc1ccc(COc2cccc(CBr)c2)cc1. The molecular formula is C16H17BrO. The zero-order valence-corrected chi connectivity index (χ0v) is 12.1. The van der Waals surface area contributed by atoms with Crippen molar-refractivity contribution in [1.82, 2.24) is 0 Å². The molecule has 0 atom stereocenters. The summed E-state index contributed by atoms with van der Waals surface area (Å²) in [5.41, 5.74) is 3.80. The van der Waals surface area contributed by atoms with Gasteiger partial charge in [-0.05, 0) is 35.2 Å². The smallest absolute Gasteiger partial charge is 0.120 e. The number of rotatable bonds is 5. The number of halogens is 1. The Labute approximate surface area is 117 Å². The molecule has 0 N–H and O–H groups in total. The molecule has 0 unspecified atom stereocenters. The molecular weight excluding hydrogens is 288 g/mol. The quantitative estimate of drug-likeness (QED) is 0.726. The molecule has 2 rings (SSSR count). The van der Waals surface area contributed by atoms with E-state index in [-0.39, 0.29) is 0 Å². The molecule has 1 nitrogen and oxygen atoms in total. The summed E-state index contributed by atoms with van der Waals surface area (Å²) < 4.78 is 5.79. The minimum absolute atomic E-state index is 0.621. The third-order valence-electron chi connectivity index (χ3n) is 2.89. The second-order valence-corrected chi connectivity index (χ2v) is 4.80. The van der Waals surface area contributed by atoms with E-state index in [1.165, 1.54) is 16.7 Å². The minimum Gasteiger partial charge on any atom is -0.489 e. The fourth-order valence-corrected chi connectivity index (χ4v) is 2.11. The summed E-state index contributed by atoms with van der Waals surface area (Å²) >= 11 is 3.45. The molecule has 0 bridgehead atoms. The van der Waals surface area contributed by atoms with Gasteiger partial charge >= 0.3 is 0 Å². The van der Waals surface area contributed by atoms with Crippen LogP contribution in [0, 0.1) is 0 Å². The highest BCUT2D eigenvalue weighted by atomic mass is 79.9. The normalized spacial score (nSPS) is 10.3. The highest BCUT2D eigenvalue weighted by Crippen LogP contribution is 2.17. The Bertz CT molecular complexity index is 491. The van der Waals surface area contributed by atoms with Gasteiger partial charge in [-0.3, -0.25) is 0 Å². The molecule has 0 aromatic heterocycles. The summed E-state index contributed by atoms with van der Waals surface area (Å²) in [6.45, 7) is 2.78. The molecule has 0 saturated carbocycles. The van der Waals surface area contributed by atoms with E-state index in [1.54, 1.807) is 0 Å². The van der Waals surface area contributed by atoms with Crippen LogP contribution in [0.2, 0.25) is 0 Å². The van der Waals surface area contributed by atoms with E-state index < -0.39 is 0 Å². The van der Waals surface area contributed by atoms with Crippen LogP contribution in [0.5, 0.6) is 5.75 Å². The zero-order chi connectivity index (χ0) is 12.8. The Kier molecular flexibility index (Phi) is 4.82. The average molecular weight is 305 g/mol. The van der Waals surface area contributed by atoms with Crippen LogP contribution in [0.15, 0.2) is 48.5 Å². The van der Waals surface area contributed by atoms with Crippen molar-refractivity contribution >= 4 is 15.9 Å². The first kappa shape index (κ1) is 13.2. The maximum absolute atomic E-state index is 5.79. The molecule has 0 aliphatic rings. The van der Waals surface area contributed by atoms with Gasteiger partial charge in [0.2, 0.25) is 0 Å². The second-order valence-electron chi connectivity index (χ2n) is 4.24. The molecule has 0 fully saturated rings. The van der Waals surface area contributed by atoms with E-state index in [0.717, 1.165) is 17.5 Å². The van der Waals surface area contributed by atoms with Crippen molar-refractivity contribution in [2.45, 2.75) is 25.3 Å². The Balaban J connectivity index is 1.97. The van der Waals surface area contributed by atoms with Gasteiger partial charge in [0.05, 0.1) is 0 Å². The Hall–Kier alpha value is -1.28. The standard InChI is InChI=1S/C16H17BrO/c1-2-13-6-8-14(9-7-13)12-18-16-5-3-4-15(10-16)11-17/h3-10H,2,11-12H2,1H3. The van der Waals surface area contributed by atoms with Crippen molar-refractivity contribution in [2.75, 3.05) is 0 Å². The van der Waals surface area contributed by atoms with E-state index in [0.29, 0.717) is 6.61 Å². The topological polar surface area (TPSA) is 9.23 Å². The van der Waals surface area contributed by atoms with E-state index in [9.17, 15) is 0 Å². The first-order chi connectivity index (χ1) is 8.81. The number of hydrogen-bond donors (Lipinski definition) is 0. The Morgan fingerprint density at radius 1 is 0.944 bits per heavy atom. The van der Waals surface area contributed by atoms with Crippen LogP contribution in [0.25, 0.3) is 0 Å². The summed E-state index contributed by atoms with van der Waals surface area (Å²) in [4.78, 5) is 0. The molecule has 0 radical (unpaired) electrons. The first-order valence-corrected chi connectivity index (χ1v) is 7.29. The predicted octanol–water partition coefficient (Wildman–Crippen LogP) is 4.72. The second kappa shape index (κ2) is 6.60. The Morgan fingerprint density at radius 3 is 2.33 bits per heavy atom. The predicted molar refractivity (Wildman–Crippen MR) is 79.2 cm³/mol. The third kappa shape index (κ3) is 3.61. The van der Waals surface area contributed by atoms with Gasteiger partial charge in [0, 0.05) is 5.33 Å². The van der Waals surface area contributed by atoms with Gasteiger partial charge in [0.1, 0.15) is 12.4 Å². The van der Waals surface area contributed by atoms with Crippen LogP contribution in [0.4, 0.5) is 0 Å². The van der Waals surface area contributed by atoms with E-state index in [2.05, 4.69) is 59.3 Å². The fourth-order valence-electron chi connectivity index (χ4n) is 1.76. The van der Waals surface area contributed by atoms with Gasteiger partial charge in [0.25, 0.3) is 0 Å². The first-order valence-electron chi connectivity index (χ1n) is 6.17. The number of aryl methyl sites for hydroxylation is 1. The van der Waals surface area contributed by atoms with Gasteiger partial charge in [-0.15, -0.1) is 0 Å². The maximum atomic E-state index is 5.79. The average Bonchev–Trinajstić information content (AvgIpc) is 2.46. The molecule has 18 heavy (non-hydrogen) atoms. The summed E-state index contributed by atoms with van der Waals surface area (Å²) in [6, 6.07) is 16.7. The van der Waals surface area contributed by atoms with Crippen molar-refractivity contribution in [1.29, 1.82) is 0 Å². The molecule has 0 aliphatic carbocycles. The number of benzene rings is 2. The molecule has 0 spiro atoms. The van der Waals surface area contributed by atoms with Crippen LogP contribution in [-0.4, -0.2) is 0 Å². The van der Waals surface area contributed by atoms with Gasteiger partial charge in [0.15, 0.2) is 0 Å². The lowest BCUT2D eigenvalue weighted by atomic mass is 10.1. The third-order valence-corrected chi connectivity index (χ3v) is 3.54. The van der Waals surface area contributed by atoms with Crippen LogP contribution in [-0.2, 0) is 18.4 Å². The Morgan fingerprint density at radius 2 is 1.67 bits per heavy atom. The summed E-state index contributed by atoms with van der Waals surface area (Å²) in [7, 11) is 0. The van der Waals surface area contributed by atoms with Gasteiger partial charge in [-0.25, -0.2) is 0 Å². The lowest BCUT2D eigenvalue weighted by Gasteiger charge is -2.08. The molecule has 0 saturated heterocycles. The largest absolute Gasteiger partial charge is 0.489 e. The molecule has 94 valence electrons. The lowest BCUT2D eigenvalue weighted by Crippen LogP contribution is -1.96. The number of alkyl halides is 1. The van der Waals surface area contributed by atoms with Crippen LogP contribution < -0.4 is 4.74 Å². The van der Waals surface area contributed by atoms with Gasteiger partial charge < -0.3 is 4.74 Å². The van der Waals surface area contributed by atoms with E-state index in [1.807, 2.05) is 12.1 Å². The van der Waals surface area contributed by atoms with Crippen molar-refractivity contribution in [2.24, 2.45) is 0 Å². The van der Waals surface area contributed by atoms with E-state index >= 15 is 0 Å². The van der Waals surface area contributed by atoms with Crippen molar-refractivity contribution in [3.05, 3.63) is 65.2 Å². The van der Waals surface area contributed by atoms with Crippen molar-refractivity contribution in [3.63, 3.8) is 0 Å². The summed E-state index contributed by atoms with van der Waals surface area (Å²) in [6.07, 6.45) is 1.08. The summed E-state index contributed by atoms with van der Waals surface area (Å²) in [5, 5.41) is 0.857. The van der Waals surface area contributed by atoms with Crippen LogP contribution >= 0.6 is 15.9 Å². The monoisotopic (exact) mass is 304 g/mol. The molecule has 2 heteroatoms. The lowest BCUT2D eigenvalue weighted by molar-refractivity contribution is 0.306. The van der Waals surface area contributed by atoms with Gasteiger partial charge in [-0.1, -0.05) is 59.3 Å². The molecule has 0 heterocycles. The van der Waals surface area contributed by atoms with Crippen LogP contribution in [0.3, 0.4) is 0 Å².